The Balaban J connectivity index is 1.09. The number of aromatic nitrogens is 2. The van der Waals surface area contributed by atoms with E-state index in [1.54, 1.807) is 6.07 Å². The molecule has 2 aromatic rings. The van der Waals surface area contributed by atoms with Crippen molar-refractivity contribution < 1.29 is 9.13 Å². The molecule has 0 amide bonds. The van der Waals surface area contributed by atoms with Crippen molar-refractivity contribution in [3.05, 3.63) is 46.9 Å². The largest absolute Gasteiger partial charge is 0.381 e. The number of rotatable bonds is 6. The first-order chi connectivity index (χ1) is 15.1. The molecule has 5 rings (SSSR count). The Kier molecular flexibility index (Phi) is 6.27. The lowest BCUT2D eigenvalue weighted by atomic mass is 9.88. The van der Waals surface area contributed by atoms with E-state index in [1.807, 2.05) is 12.1 Å². The SMILES string of the molecule is Fc1ccc(Cl)c(-c2ccc(CC[C@@H]3CC34CCN(CC3CCCOC3)CC4)nn2)c1. The number of nitrogens with zero attached hydrogens (tertiary/aromatic N) is 3. The van der Waals surface area contributed by atoms with E-state index in [0.717, 1.165) is 37.2 Å². The van der Waals surface area contributed by atoms with Gasteiger partial charge in [0.1, 0.15) is 5.82 Å². The van der Waals surface area contributed by atoms with Gasteiger partial charge in [0.2, 0.25) is 0 Å². The second kappa shape index (κ2) is 9.13. The van der Waals surface area contributed by atoms with Gasteiger partial charge < -0.3 is 9.64 Å². The van der Waals surface area contributed by atoms with Crippen LogP contribution in [0.25, 0.3) is 11.3 Å². The fourth-order valence-electron chi connectivity index (χ4n) is 5.60. The molecule has 2 saturated heterocycles. The Labute approximate surface area is 189 Å². The fraction of sp³-hybridized carbons (Fsp3) is 0.600. The van der Waals surface area contributed by atoms with Gasteiger partial charge in [0.05, 0.1) is 23.0 Å². The van der Waals surface area contributed by atoms with Gasteiger partial charge in [0, 0.05) is 18.7 Å². The van der Waals surface area contributed by atoms with E-state index in [9.17, 15) is 4.39 Å². The number of piperidine rings is 1. The summed E-state index contributed by atoms with van der Waals surface area (Å²) < 4.78 is 19.2. The lowest BCUT2D eigenvalue weighted by molar-refractivity contribution is 0.0307. The summed E-state index contributed by atoms with van der Waals surface area (Å²) in [6, 6.07) is 8.23. The molecule has 1 saturated carbocycles. The van der Waals surface area contributed by atoms with Gasteiger partial charge in [-0.1, -0.05) is 11.6 Å². The number of likely N-dealkylation sites (tertiary alicyclic amines) is 1. The second-order valence-electron chi connectivity index (χ2n) is 9.72. The second-order valence-corrected chi connectivity index (χ2v) is 10.1. The minimum atomic E-state index is -0.317. The summed E-state index contributed by atoms with van der Waals surface area (Å²) in [7, 11) is 0. The molecule has 1 spiro atoms. The molecule has 166 valence electrons. The lowest BCUT2D eigenvalue weighted by Crippen LogP contribution is -2.40. The van der Waals surface area contributed by atoms with Crippen LogP contribution in [0.2, 0.25) is 5.02 Å². The van der Waals surface area contributed by atoms with Crippen LogP contribution in [0.4, 0.5) is 4.39 Å². The van der Waals surface area contributed by atoms with Crippen LogP contribution in [0.15, 0.2) is 30.3 Å². The number of halogens is 2. The average Bonchev–Trinajstić information content (AvgIpc) is 3.48. The van der Waals surface area contributed by atoms with Crippen LogP contribution in [0.1, 0.15) is 44.2 Å². The minimum Gasteiger partial charge on any atom is -0.381 e. The highest BCUT2D eigenvalue weighted by molar-refractivity contribution is 6.33. The van der Waals surface area contributed by atoms with Crippen molar-refractivity contribution in [1.29, 1.82) is 0 Å². The van der Waals surface area contributed by atoms with E-state index in [2.05, 4.69) is 15.1 Å². The topological polar surface area (TPSA) is 38.2 Å². The van der Waals surface area contributed by atoms with Crippen LogP contribution in [0, 0.1) is 23.1 Å². The molecule has 4 nitrogen and oxygen atoms in total. The van der Waals surface area contributed by atoms with Crippen LogP contribution in [-0.4, -0.2) is 47.9 Å². The van der Waals surface area contributed by atoms with Gasteiger partial charge in [0.15, 0.2) is 0 Å². The van der Waals surface area contributed by atoms with E-state index in [4.69, 9.17) is 16.3 Å². The van der Waals surface area contributed by atoms with E-state index >= 15 is 0 Å². The summed E-state index contributed by atoms with van der Waals surface area (Å²) in [6.07, 6.45) is 8.75. The molecular formula is C25H31ClFN3O. The molecule has 2 aliphatic heterocycles. The minimum absolute atomic E-state index is 0.317. The smallest absolute Gasteiger partial charge is 0.123 e. The van der Waals surface area contributed by atoms with E-state index < -0.39 is 0 Å². The van der Waals surface area contributed by atoms with Crippen molar-refractivity contribution in [2.75, 3.05) is 32.8 Å². The maximum absolute atomic E-state index is 13.5. The number of aryl methyl sites for hydroxylation is 1. The molecule has 1 aromatic heterocycles. The molecule has 0 radical (unpaired) electrons. The van der Waals surface area contributed by atoms with E-state index in [-0.39, 0.29) is 5.82 Å². The molecule has 1 aliphatic carbocycles. The fourth-order valence-corrected chi connectivity index (χ4v) is 5.82. The van der Waals surface area contributed by atoms with Crippen molar-refractivity contribution in [1.82, 2.24) is 15.1 Å². The third-order valence-corrected chi connectivity index (χ3v) is 7.98. The van der Waals surface area contributed by atoms with Crippen LogP contribution >= 0.6 is 11.6 Å². The summed E-state index contributed by atoms with van der Waals surface area (Å²) in [4.78, 5) is 2.67. The van der Waals surface area contributed by atoms with Crippen LogP contribution < -0.4 is 0 Å². The summed E-state index contributed by atoms with van der Waals surface area (Å²) >= 11 is 6.18. The first kappa shape index (κ1) is 21.3. The monoisotopic (exact) mass is 443 g/mol. The van der Waals surface area contributed by atoms with Gasteiger partial charge in [0.25, 0.3) is 0 Å². The zero-order valence-electron chi connectivity index (χ0n) is 18.0. The average molecular weight is 444 g/mol. The van der Waals surface area contributed by atoms with Crippen molar-refractivity contribution >= 4 is 11.6 Å². The predicted octanol–water partition coefficient (Wildman–Crippen LogP) is 5.40. The normalized spacial score (nSPS) is 25.6. The number of hydrogen-bond donors (Lipinski definition) is 0. The van der Waals surface area contributed by atoms with Gasteiger partial charge in [-0.25, -0.2) is 4.39 Å². The molecule has 1 unspecified atom stereocenters. The number of ether oxygens (including phenoxy) is 1. The Morgan fingerprint density at radius 1 is 1.16 bits per heavy atom. The third kappa shape index (κ3) is 4.94. The first-order valence-electron chi connectivity index (χ1n) is 11.7. The standard InChI is InChI=1S/C25H31ClFN3O/c26-23-7-4-20(27)14-22(23)24-8-6-21(28-29-24)5-3-19-15-25(19)9-11-30(12-10-25)16-18-2-1-13-31-17-18/h4,6-8,14,18-19H,1-3,5,9-13,15-17H2/t18?,19-/m1/s1. The maximum Gasteiger partial charge on any atom is 0.123 e. The van der Waals surface area contributed by atoms with Gasteiger partial charge >= 0.3 is 0 Å². The Morgan fingerprint density at radius 2 is 2.03 bits per heavy atom. The van der Waals surface area contributed by atoms with Crippen molar-refractivity contribution in [2.45, 2.75) is 44.9 Å². The van der Waals surface area contributed by atoms with Gasteiger partial charge in [-0.15, -0.1) is 0 Å². The number of hydrogen-bond acceptors (Lipinski definition) is 4. The Hall–Kier alpha value is -1.56. The highest BCUT2D eigenvalue weighted by Gasteiger charge is 2.53. The van der Waals surface area contributed by atoms with E-state index in [1.165, 1.54) is 70.3 Å². The molecule has 6 heteroatoms. The quantitative estimate of drug-likeness (QED) is 0.599. The van der Waals surface area contributed by atoms with Crippen LogP contribution in [0.3, 0.4) is 0 Å². The van der Waals surface area contributed by atoms with Crippen molar-refractivity contribution in [2.24, 2.45) is 17.3 Å². The highest BCUT2D eigenvalue weighted by atomic mass is 35.5. The third-order valence-electron chi connectivity index (χ3n) is 7.65. The van der Waals surface area contributed by atoms with Gasteiger partial charge in [-0.05, 0) is 106 Å². The summed E-state index contributed by atoms with van der Waals surface area (Å²) in [6.45, 7) is 5.62. The van der Waals surface area contributed by atoms with Gasteiger partial charge in [-0.3, -0.25) is 0 Å². The van der Waals surface area contributed by atoms with Crippen LogP contribution in [0.5, 0.6) is 0 Å². The summed E-state index contributed by atoms with van der Waals surface area (Å²) in [5.41, 5.74) is 2.80. The molecule has 3 aliphatic rings. The van der Waals surface area contributed by atoms with Crippen molar-refractivity contribution in [3.8, 4) is 11.3 Å². The molecule has 0 bridgehead atoms. The molecular weight excluding hydrogens is 413 g/mol. The predicted molar refractivity (Wildman–Crippen MR) is 121 cm³/mol. The molecule has 3 heterocycles. The zero-order valence-corrected chi connectivity index (χ0v) is 18.8. The first-order valence-corrected chi connectivity index (χ1v) is 12.1. The zero-order chi connectivity index (χ0) is 21.3. The maximum atomic E-state index is 13.5. The lowest BCUT2D eigenvalue weighted by Gasteiger charge is -2.36. The Morgan fingerprint density at radius 3 is 2.77 bits per heavy atom. The molecule has 3 fully saturated rings. The molecule has 2 atom stereocenters. The Bertz CT molecular complexity index is 892. The van der Waals surface area contributed by atoms with Crippen LogP contribution in [-0.2, 0) is 11.2 Å². The summed E-state index contributed by atoms with van der Waals surface area (Å²) in [5.74, 6) is 1.25. The highest BCUT2D eigenvalue weighted by Crippen LogP contribution is 2.61. The molecule has 0 N–H and O–H groups in total. The number of benzene rings is 1. The summed E-state index contributed by atoms with van der Waals surface area (Å²) in [5, 5.41) is 9.18. The van der Waals surface area contributed by atoms with Crippen molar-refractivity contribution in [3.63, 3.8) is 0 Å². The molecule has 31 heavy (non-hydrogen) atoms. The van der Waals surface area contributed by atoms with E-state index in [0.29, 0.717) is 21.7 Å². The molecule has 1 aromatic carbocycles. The van der Waals surface area contributed by atoms with Gasteiger partial charge in [-0.2, -0.15) is 10.2 Å².